The van der Waals surface area contributed by atoms with Crippen LogP contribution in [-0.4, -0.2) is 15.3 Å². The lowest BCUT2D eigenvalue weighted by atomic mass is 10.2. The summed E-state index contributed by atoms with van der Waals surface area (Å²) in [6.07, 6.45) is 0. The van der Waals surface area contributed by atoms with E-state index in [0.29, 0.717) is 5.75 Å². The van der Waals surface area contributed by atoms with Gasteiger partial charge in [0.1, 0.15) is 11.5 Å². The van der Waals surface area contributed by atoms with Gasteiger partial charge in [-0.2, -0.15) is 0 Å². The predicted molar refractivity (Wildman–Crippen MR) is 69.3 cm³/mol. The molecule has 0 saturated heterocycles. The van der Waals surface area contributed by atoms with Crippen LogP contribution in [0.4, 0.5) is 0 Å². The minimum Gasteiger partial charge on any atom is -0.457 e. The molecule has 6 heteroatoms. The lowest BCUT2D eigenvalue weighted by Gasteiger charge is -2.10. The summed E-state index contributed by atoms with van der Waals surface area (Å²) in [5, 5.41) is 0. The van der Waals surface area contributed by atoms with E-state index >= 15 is 0 Å². The number of rotatable bonds is 4. The molecule has 2 rings (SSSR count). The van der Waals surface area contributed by atoms with E-state index in [0.717, 1.165) is 0 Å². The van der Waals surface area contributed by atoms with Gasteiger partial charge in [0.2, 0.25) is 0 Å². The van der Waals surface area contributed by atoms with Crippen LogP contribution in [0.2, 0.25) is 0 Å². The monoisotopic (exact) mass is 278 g/mol. The maximum Gasteiger partial charge on any atom is 0.396 e. The molecule has 0 heterocycles. The van der Waals surface area contributed by atoms with Gasteiger partial charge in [-0.25, -0.2) is 0 Å². The van der Waals surface area contributed by atoms with E-state index in [9.17, 15) is 9.36 Å². The molecule has 2 aromatic rings. The summed E-state index contributed by atoms with van der Waals surface area (Å²) in [7, 11) is -4.83. The maximum atomic E-state index is 11.6. The topological polar surface area (TPSA) is 83.8 Å². The molecule has 0 aliphatic carbocycles. The van der Waals surface area contributed by atoms with Crippen LogP contribution in [-0.2, 0) is 4.57 Å². The van der Waals surface area contributed by atoms with Crippen LogP contribution in [0, 0.1) is 0 Å². The molecule has 0 bridgehead atoms. The Labute approximate surface area is 109 Å². The van der Waals surface area contributed by atoms with E-state index in [1.807, 2.05) is 0 Å². The molecular formula is C13H11O5P. The first-order chi connectivity index (χ1) is 8.98. The Bertz CT molecular complexity index is 632. The standard InChI is InChI=1S/C13H11O5P/c14-13(19(15,16)17)11-8-4-5-9-12(11)18-10-6-2-1-3-7-10/h1-9H,(H2,15,16,17). The Balaban J connectivity index is 2.37. The molecule has 2 N–H and O–H groups in total. The highest BCUT2D eigenvalue weighted by atomic mass is 31.2. The van der Waals surface area contributed by atoms with Gasteiger partial charge < -0.3 is 14.5 Å². The second kappa shape index (κ2) is 5.36. The summed E-state index contributed by atoms with van der Waals surface area (Å²) >= 11 is 0. The number of hydrogen-bond donors (Lipinski definition) is 2. The van der Waals surface area contributed by atoms with Gasteiger partial charge >= 0.3 is 7.60 Å². The fourth-order valence-electron chi connectivity index (χ4n) is 1.50. The number of hydrogen-bond acceptors (Lipinski definition) is 3. The fraction of sp³-hybridized carbons (Fsp3) is 0. The van der Waals surface area contributed by atoms with E-state index < -0.39 is 13.1 Å². The Morgan fingerprint density at radius 3 is 2.16 bits per heavy atom. The second-order valence-electron chi connectivity index (χ2n) is 3.76. The van der Waals surface area contributed by atoms with Crippen molar-refractivity contribution in [1.82, 2.24) is 0 Å². The molecular weight excluding hydrogens is 267 g/mol. The van der Waals surface area contributed by atoms with Crippen molar-refractivity contribution in [3.05, 3.63) is 60.2 Å². The first kappa shape index (κ1) is 13.5. The van der Waals surface area contributed by atoms with Crippen LogP contribution in [0.5, 0.6) is 11.5 Å². The van der Waals surface area contributed by atoms with E-state index in [2.05, 4.69) is 0 Å². The molecule has 0 aromatic heterocycles. The third-order valence-electron chi connectivity index (χ3n) is 2.35. The molecule has 98 valence electrons. The van der Waals surface area contributed by atoms with Gasteiger partial charge in [-0.3, -0.25) is 9.36 Å². The summed E-state index contributed by atoms with van der Waals surface area (Å²) in [4.78, 5) is 29.5. The smallest absolute Gasteiger partial charge is 0.396 e. The lowest BCUT2D eigenvalue weighted by Crippen LogP contribution is -2.02. The van der Waals surface area contributed by atoms with Gasteiger partial charge in [-0.05, 0) is 24.3 Å². The summed E-state index contributed by atoms with van der Waals surface area (Å²) < 4.78 is 16.5. The molecule has 0 spiro atoms. The minimum absolute atomic E-state index is 0.113. The van der Waals surface area contributed by atoms with Crippen LogP contribution in [0.25, 0.3) is 0 Å². The zero-order chi connectivity index (χ0) is 13.9. The number of ether oxygens (including phenoxy) is 1. The highest BCUT2D eigenvalue weighted by Gasteiger charge is 2.29. The molecule has 0 unspecified atom stereocenters. The summed E-state index contributed by atoms with van der Waals surface area (Å²) in [5.74, 6) is 0.593. The van der Waals surface area contributed by atoms with Crippen molar-refractivity contribution in [3.63, 3.8) is 0 Å². The van der Waals surface area contributed by atoms with Crippen molar-refractivity contribution < 1.29 is 23.9 Å². The predicted octanol–water partition coefficient (Wildman–Crippen LogP) is 2.80. The highest BCUT2D eigenvalue weighted by Crippen LogP contribution is 2.42. The SMILES string of the molecule is O=C(c1ccccc1Oc1ccccc1)P(=O)(O)O. The molecule has 5 nitrogen and oxygen atoms in total. The third kappa shape index (κ3) is 3.29. The van der Waals surface area contributed by atoms with E-state index in [-0.39, 0.29) is 11.3 Å². The van der Waals surface area contributed by atoms with Gasteiger partial charge in [-0.15, -0.1) is 0 Å². The quantitative estimate of drug-likeness (QED) is 0.840. The molecule has 19 heavy (non-hydrogen) atoms. The van der Waals surface area contributed by atoms with Crippen LogP contribution in [0.3, 0.4) is 0 Å². The number of carbonyl (C=O) groups is 1. The molecule has 0 atom stereocenters. The zero-order valence-electron chi connectivity index (χ0n) is 9.76. The number of carbonyl (C=O) groups excluding carboxylic acids is 1. The largest absolute Gasteiger partial charge is 0.457 e. The summed E-state index contributed by atoms with van der Waals surface area (Å²) in [5.41, 5.74) is -1.39. The van der Waals surface area contributed by atoms with Crippen molar-refractivity contribution in [3.8, 4) is 11.5 Å². The van der Waals surface area contributed by atoms with Crippen molar-refractivity contribution in [2.24, 2.45) is 0 Å². The Hall–Kier alpha value is -1.94. The second-order valence-corrected chi connectivity index (χ2v) is 5.25. The fourth-order valence-corrected chi connectivity index (χ4v) is 2.00. The minimum atomic E-state index is -4.83. The van der Waals surface area contributed by atoms with Crippen LogP contribution in [0.1, 0.15) is 10.4 Å². The Morgan fingerprint density at radius 1 is 0.947 bits per heavy atom. The first-order valence-corrected chi connectivity index (χ1v) is 7.02. The molecule has 0 aliphatic heterocycles. The molecule has 0 radical (unpaired) electrons. The first-order valence-electron chi connectivity index (χ1n) is 5.41. The molecule has 0 aliphatic rings. The molecule has 0 saturated carbocycles. The van der Waals surface area contributed by atoms with Crippen molar-refractivity contribution in [2.45, 2.75) is 0 Å². The summed E-state index contributed by atoms with van der Waals surface area (Å²) in [6.45, 7) is 0. The summed E-state index contributed by atoms with van der Waals surface area (Å²) in [6, 6.07) is 14.6. The maximum absolute atomic E-state index is 11.6. The van der Waals surface area contributed by atoms with Crippen LogP contribution < -0.4 is 4.74 Å². The average molecular weight is 278 g/mol. The Kier molecular flexibility index (Phi) is 3.81. The zero-order valence-corrected chi connectivity index (χ0v) is 10.7. The van der Waals surface area contributed by atoms with E-state index in [4.69, 9.17) is 14.5 Å². The van der Waals surface area contributed by atoms with Gasteiger partial charge in [0.15, 0.2) is 0 Å². The van der Waals surface area contributed by atoms with Crippen molar-refractivity contribution in [2.75, 3.05) is 0 Å². The highest BCUT2D eigenvalue weighted by molar-refractivity contribution is 7.70. The van der Waals surface area contributed by atoms with Gasteiger partial charge in [0.25, 0.3) is 5.52 Å². The number of benzene rings is 2. The third-order valence-corrected chi connectivity index (χ3v) is 3.12. The van der Waals surface area contributed by atoms with E-state index in [1.54, 1.807) is 36.4 Å². The van der Waals surface area contributed by atoms with Gasteiger partial charge in [0, 0.05) is 0 Å². The molecule has 0 amide bonds. The Morgan fingerprint density at radius 2 is 1.53 bits per heavy atom. The van der Waals surface area contributed by atoms with Gasteiger partial charge in [0.05, 0.1) is 5.56 Å². The average Bonchev–Trinajstić information content (AvgIpc) is 2.39. The van der Waals surface area contributed by atoms with Crippen molar-refractivity contribution in [1.29, 1.82) is 0 Å². The van der Waals surface area contributed by atoms with Crippen LogP contribution >= 0.6 is 7.60 Å². The lowest BCUT2D eigenvalue weighted by molar-refractivity contribution is 0.104. The van der Waals surface area contributed by atoms with Gasteiger partial charge in [-0.1, -0.05) is 30.3 Å². The van der Waals surface area contributed by atoms with E-state index in [1.165, 1.54) is 18.2 Å². The van der Waals surface area contributed by atoms with Crippen LogP contribution in [0.15, 0.2) is 54.6 Å². The number of para-hydroxylation sites is 2. The normalized spacial score (nSPS) is 11.1. The molecule has 0 fully saturated rings. The molecule has 2 aromatic carbocycles. The van der Waals surface area contributed by atoms with Crippen molar-refractivity contribution >= 4 is 13.1 Å².